The van der Waals surface area contributed by atoms with E-state index in [9.17, 15) is 9.90 Å². The van der Waals surface area contributed by atoms with Crippen LogP contribution in [-0.4, -0.2) is 72.9 Å². The molecule has 1 aliphatic carbocycles. The van der Waals surface area contributed by atoms with E-state index < -0.39 is 6.10 Å². The second-order valence-electron chi connectivity index (χ2n) is 11.0. The summed E-state index contributed by atoms with van der Waals surface area (Å²) in [6, 6.07) is 18.1. The summed E-state index contributed by atoms with van der Waals surface area (Å²) in [5.41, 5.74) is 4.32. The van der Waals surface area contributed by atoms with Crippen molar-refractivity contribution in [3.8, 4) is 17.4 Å². The van der Waals surface area contributed by atoms with E-state index in [-0.39, 0.29) is 24.3 Å². The van der Waals surface area contributed by atoms with Crippen LogP contribution < -0.4 is 19.5 Å². The molecule has 1 unspecified atom stereocenters. The number of aliphatic hydroxyl groups excluding tert-OH is 1. The van der Waals surface area contributed by atoms with Crippen LogP contribution >= 0.6 is 0 Å². The molecule has 8 heteroatoms. The average Bonchev–Trinajstić information content (AvgIpc) is 3.45. The van der Waals surface area contributed by atoms with Crippen LogP contribution in [0.4, 0.5) is 0 Å². The number of ketones is 1. The molecule has 8 nitrogen and oxygen atoms in total. The number of methoxy groups -OCH3 is 2. The summed E-state index contributed by atoms with van der Waals surface area (Å²) in [7, 11) is 3.30. The third-order valence-electron chi connectivity index (χ3n) is 8.19. The Morgan fingerprint density at radius 3 is 2.51 bits per heavy atom. The van der Waals surface area contributed by atoms with Crippen molar-refractivity contribution in [1.82, 2.24) is 15.2 Å². The molecule has 1 aliphatic heterocycles. The van der Waals surface area contributed by atoms with Crippen LogP contribution in [0.3, 0.4) is 0 Å². The van der Waals surface area contributed by atoms with Gasteiger partial charge in [0, 0.05) is 55.0 Å². The number of pyridine rings is 1. The second kappa shape index (κ2) is 13.9. The predicted molar refractivity (Wildman–Crippen MR) is 158 cm³/mol. The molecule has 0 spiro atoms. The van der Waals surface area contributed by atoms with Gasteiger partial charge in [-0.15, -0.1) is 0 Å². The van der Waals surface area contributed by atoms with E-state index >= 15 is 0 Å². The van der Waals surface area contributed by atoms with E-state index in [1.54, 1.807) is 32.5 Å². The van der Waals surface area contributed by atoms with Crippen molar-refractivity contribution in [2.75, 3.05) is 33.9 Å². The summed E-state index contributed by atoms with van der Waals surface area (Å²) in [5.74, 6) is 1.97. The predicted octanol–water partition coefficient (Wildman–Crippen LogP) is 4.22. The number of hydrogen-bond donors (Lipinski definition) is 2. The van der Waals surface area contributed by atoms with Crippen molar-refractivity contribution in [1.29, 1.82) is 0 Å². The Kier molecular flexibility index (Phi) is 9.88. The van der Waals surface area contributed by atoms with Gasteiger partial charge in [0.2, 0.25) is 5.88 Å². The van der Waals surface area contributed by atoms with Gasteiger partial charge in [-0.3, -0.25) is 9.69 Å². The molecule has 1 atom stereocenters. The fourth-order valence-electron chi connectivity index (χ4n) is 5.87. The van der Waals surface area contributed by atoms with Crippen LogP contribution in [0.15, 0.2) is 60.8 Å². The molecule has 2 aromatic carbocycles. The van der Waals surface area contributed by atoms with Gasteiger partial charge in [0.25, 0.3) is 0 Å². The van der Waals surface area contributed by atoms with Gasteiger partial charge >= 0.3 is 0 Å². The van der Waals surface area contributed by atoms with Gasteiger partial charge in [-0.25, -0.2) is 4.98 Å². The van der Waals surface area contributed by atoms with Gasteiger partial charge < -0.3 is 24.6 Å². The molecule has 2 aliphatic rings. The number of carbonyl (C=O) groups excluding carboxylic acids is 1. The first kappa shape index (κ1) is 29.0. The Labute approximate surface area is 242 Å². The van der Waals surface area contributed by atoms with Gasteiger partial charge in [-0.1, -0.05) is 30.3 Å². The van der Waals surface area contributed by atoms with Crippen LogP contribution in [0, 0.1) is 0 Å². The molecule has 1 fully saturated rings. The van der Waals surface area contributed by atoms with Gasteiger partial charge in [0.05, 0.1) is 20.3 Å². The van der Waals surface area contributed by atoms with Crippen molar-refractivity contribution in [3.63, 3.8) is 0 Å². The highest BCUT2D eigenvalue weighted by molar-refractivity contribution is 5.96. The molecule has 0 bridgehead atoms. The standard InChI is InChI=1S/C33H41N3O5/c1-39-30-9-7-26(32(20-30)40-2)21-36(27-17-23-5-3-4-6-24(23)18-27)22-28(37)8-10-31(38)25-11-16-35-33(19-25)41-29-12-14-34-15-13-29/h3-7,9,11,16,19-20,27-29,34,37H,8,10,12-15,17-18,21-22H2,1-2H3. The minimum absolute atomic E-state index is 0.0155. The summed E-state index contributed by atoms with van der Waals surface area (Å²) in [4.78, 5) is 19.7. The van der Waals surface area contributed by atoms with Gasteiger partial charge in [0.1, 0.15) is 17.6 Å². The molecule has 2 N–H and O–H groups in total. The quantitative estimate of drug-likeness (QED) is 0.301. The molecular formula is C33H41N3O5. The van der Waals surface area contributed by atoms with Crippen molar-refractivity contribution in [3.05, 3.63) is 83.0 Å². The van der Waals surface area contributed by atoms with E-state index in [1.165, 1.54) is 11.1 Å². The van der Waals surface area contributed by atoms with E-state index in [0.717, 1.165) is 55.8 Å². The minimum Gasteiger partial charge on any atom is -0.497 e. The molecule has 1 saturated heterocycles. The number of piperidine rings is 1. The highest BCUT2D eigenvalue weighted by Crippen LogP contribution is 2.30. The number of carbonyl (C=O) groups is 1. The number of nitrogens with zero attached hydrogens (tertiary/aromatic N) is 2. The summed E-state index contributed by atoms with van der Waals surface area (Å²) < 4.78 is 17.1. The van der Waals surface area contributed by atoms with Crippen LogP contribution in [0.5, 0.6) is 17.4 Å². The van der Waals surface area contributed by atoms with Gasteiger partial charge in [-0.05, 0) is 68.5 Å². The lowest BCUT2D eigenvalue weighted by atomic mass is 10.0. The highest BCUT2D eigenvalue weighted by atomic mass is 16.5. The number of ether oxygens (including phenoxy) is 3. The maximum Gasteiger partial charge on any atom is 0.214 e. The number of hydrogen-bond acceptors (Lipinski definition) is 8. The van der Waals surface area contributed by atoms with Crippen LogP contribution in [0.1, 0.15) is 52.7 Å². The Morgan fingerprint density at radius 1 is 1.05 bits per heavy atom. The number of fused-ring (bicyclic) bond motifs is 1. The third kappa shape index (κ3) is 7.64. The lowest BCUT2D eigenvalue weighted by molar-refractivity contribution is 0.0715. The largest absolute Gasteiger partial charge is 0.497 e. The maximum absolute atomic E-state index is 13.1. The molecule has 0 saturated carbocycles. The zero-order chi connectivity index (χ0) is 28.6. The molecule has 3 aromatic rings. The van der Waals surface area contributed by atoms with Crippen LogP contribution in [0.25, 0.3) is 0 Å². The fourth-order valence-corrected chi connectivity index (χ4v) is 5.87. The van der Waals surface area contributed by atoms with Crippen LogP contribution in [0.2, 0.25) is 0 Å². The summed E-state index contributed by atoms with van der Waals surface area (Å²) in [5, 5.41) is 14.5. The SMILES string of the molecule is COc1ccc(CN(CC(O)CCC(=O)c2ccnc(OC3CCNCC3)c2)C2Cc3ccccc3C2)c(OC)c1. The Hall–Kier alpha value is -3.46. The number of aliphatic hydroxyl groups is 1. The first-order valence-electron chi connectivity index (χ1n) is 14.6. The smallest absolute Gasteiger partial charge is 0.214 e. The number of nitrogens with one attached hydrogen (secondary N) is 1. The van der Waals surface area contributed by atoms with Crippen molar-refractivity contribution >= 4 is 5.78 Å². The fraction of sp³-hybridized carbons (Fsp3) is 0.455. The van der Waals surface area contributed by atoms with Crippen molar-refractivity contribution < 1.29 is 24.1 Å². The molecule has 2 heterocycles. The topological polar surface area (TPSA) is 93.2 Å². The number of aromatic nitrogens is 1. The van der Waals surface area contributed by atoms with E-state index in [4.69, 9.17) is 14.2 Å². The molecule has 218 valence electrons. The zero-order valence-electron chi connectivity index (χ0n) is 24.1. The second-order valence-corrected chi connectivity index (χ2v) is 11.0. The Balaban J connectivity index is 1.23. The average molecular weight is 560 g/mol. The molecule has 41 heavy (non-hydrogen) atoms. The van der Waals surface area contributed by atoms with Crippen molar-refractivity contribution in [2.45, 2.75) is 63.3 Å². The van der Waals surface area contributed by atoms with E-state index in [1.807, 2.05) is 18.2 Å². The molecule has 0 radical (unpaired) electrons. The molecular weight excluding hydrogens is 518 g/mol. The van der Waals surface area contributed by atoms with Crippen molar-refractivity contribution in [2.24, 2.45) is 0 Å². The molecule has 0 amide bonds. The monoisotopic (exact) mass is 559 g/mol. The van der Waals surface area contributed by atoms with Gasteiger partial charge in [0.15, 0.2) is 5.78 Å². The molecule has 1 aromatic heterocycles. The summed E-state index contributed by atoms with van der Waals surface area (Å²) >= 11 is 0. The first-order valence-corrected chi connectivity index (χ1v) is 14.6. The third-order valence-corrected chi connectivity index (χ3v) is 8.19. The van der Waals surface area contributed by atoms with Crippen LogP contribution in [-0.2, 0) is 19.4 Å². The number of Topliss-reactive ketones (excluding diaryl/α,β-unsaturated/α-hetero) is 1. The van der Waals surface area contributed by atoms with Gasteiger partial charge in [-0.2, -0.15) is 0 Å². The normalized spacial score (nSPS) is 16.4. The summed E-state index contributed by atoms with van der Waals surface area (Å²) in [6.45, 7) is 2.94. The number of rotatable bonds is 13. The first-order chi connectivity index (χ1) is 20.0. The van der Waals surface area contributed by atoms with E-state index in [2.05, 4.69) is 39.5 Å². The lowest BCUT2D eigenvalue weighted by Crippen LogP contribution is -2.41. The number of benzene rings is 2. The zero-order valence-corrected chi connectivity index (χ0v) is 24.1. The highest BCUT2D eigenvalue weighted by Gasteiger charge is 2.29. The molecule has 5 rings (SSSR count). The lowest BCUT2D eigenvalue weighted by Gasteiger charge is -2.31. The maximum atomic E-state index is 13.1. The Bertz CT molecular complexity index is 1280. The van der Waals surface area contributed by atoms with E-state index in [0.29, 0.717) is 31.0 Å². The Morgan fingerprint density at radius 2 is 1.80 bits per heavy atom. The summed E-state index contributed by atoms with van der Waals surface area (Å²) in [6.07, 6.45) is 5.43. The minimum atomic E-state index is -0.654.